The normalized spacial score (nSPS) is 10.8. The molecule has 0 aliphatic carbocycles. The number of benzene rings is 1. The van der Waals surface area contributed by atoms with E-state index in [0.717, 1.165) is 28.2 Å². The van der Waals surface area contributed by atoms with Crippen LogP contribution in [0, 0.1) is 6.92 Å². The second kappa shape index (κ2) is 8.16. The lowest BCUT2D eigenvalue weighted by atomic mass is 10.1. The Hall–Kier alpha value is -4.00. The molecule has 0 spiro atoms. The van der Waals surface area contributed by atoms with Crippen molar-refractivity contribution in [1.29, 1.82) is 0 Å². The van der Waals surface area contributed by atoms with Crippen molar-refractivity contribution in [2.45, 2.75) is 19.9 Å². The van der Waals surface area contributed by atoms with Gasteiger partial charge in [-0.1, -0.05) is 18.2 Å². The summed E-state index contributed by atoms with van der Waals surface area (Å²) in [4.78, 5) is 32.3. The minimum Gasteiger partial charge on any atom is -0.478 e. The first-order chi connectivity index (χ1) is 14.5. The van der Waals surface area contributed by atoms with E-state index in [4.69, 9.17) is 5.11 Å². The summed E-state index contributed by atoms with van der Waals surface area (Å²) in [5.74, 6) is -1.19. The van der Waals surface area contributed by atoms with Gasteiger partial charge in [0.2, 0.25) is 0 Å². The minimum absolute atomic E-state index is 0.211. The third kappa shape index (κ3) is 4.35. The molecule has 0 saturated heterocycles. The summed E-state index contributed by atoms with van der Waals surface area (Å²) >= 11 is 0. The number of fused-ring (bicyclic) bond motifs is 1. The molecule has 0 bridgehead atoms. The predicted octanol–water partition coefficient (Wildman–Crippen LogP) is 3.26. The van der Waals surface area contributed by atoms with Gasteiger partial charge in [-0.3, -0.25) is 9.78 Å². The average molecular weight is 400 g/mol. The molecule has 0 aliphatic rings. The highest BCUT2D eigenvalue weighted by atomic mass is 16.4. The van der Waals surface area contributed by atoms with Gasteiger partial charge in [0.15, 0.2) is 0 Å². The van der Waals surface area contributed by atoms with Gasteiger partial charge in [-0.25, -0.2) is 9.78 Å². The van der Waals surface area contributed by atoms with Crippen molar-refractivity contribution in [1.82, 2.24) is 19.7 Å². The minimum atomic E-state index is -0.975. The summed E-state index contributed by atoms with van der Waals surface area (Å²) in [5, 5.41) is 11.8. The van der Waals surface area contributed by atoms with Crippen LogP contribution in [0.4, 0.5) is 0 Å². The summed E-state index contributed by atoms with van der Waals surface area (Å²) in [6.07, 6.45) is 6.18. The average Bonchev–Trinajstić information content (AvgIpc) is 3.15. The Morgan fingerprint density at radius 1 is 0.967 bits per heavy atom. The van der Waals surface area contributed by atoms with E-state index in [1.165, 1.54) is 12.1 Å². The van der Waals surface area contributed by atoms with Crippen LogP contribution in [0.5, 0.6) is 0 Å². The quantitative estimate of drug-likeness (QED) is 0.518. The van der Waals surface area contributed by atoms with Gasteiger partial charge in [0.25, 0.3) is 5.91 Å². The van der Waals surface area contributed by atoms with Crippen LogP contribution in [-0.4, -0.2) is 31.4 Å². The van der Waals surface area contributed by atoms with E-state index >= 15 is 0 Å². The Labute approximate surface area is 173 Å². The summed E-state index contributed by atoms with van der Waals surface area (Å²) in [7, 11) is 0. The lowest BCUT2D eigenvalue weighted by molar-refractivity contribution is 0.0696. The van der Waals surface area contributed by atoms with Crippen molar-refractivity contribution in [3.05, 3.63) is 101 Å². The molecule has 0 atom stereocenters. The first-order valence-corrected chi connectivity index (χ1v) is 9.47. The largest absolute Gasteiger partial charge is 0.478 e. The zero-order valence-electron chi connectivity index (χ0n) is 16.4. The topological polar surface area (TPSA) is 96.6 Å². The molecule has 0 radical (unpaired) electrons. The van der Waals surface area contributed by atoms with Crippen LogP contribution in [0.3, 0.4) is 0 Å². The van der Waals surface area contributed by atoms with E-state index in [9.17, 15) is 9.59 Å². The number of aromatic nitrogens is 3. The van der Waals surface area contributed by atoms with Gasteiger partial charge in [-0.2, -0.15) is 0 Å². The zero-order chi connectivity index (χ0) is 21.1. The predicted molar refractivity (Wildman–Crippen MR) is 112 cm³/mol. The number of rotatable bonds is 6. The highest BCUT2D eigenvalue weighted by Gasteiger charge is 2.09. The molecule has 0 aliphatic heterocycles. The Balaban J connectivity index is 1.44. The molecule has 1 amide bonds. The lowest BCUT2D eigenvalue weighted by Gasteiger charge is -2.06. The molecule has 3 aromatic heterocycles. The van der Waals surface area contributed by atoms with E-state index in [-0.39, 0.29) is 11.5 Å². The number of aryl methyl sites for hydroxylation is 1. The molecular weight excluding hydrogens is 380 g/mol. The number of aromatic carboxylic acids is 1. The standard InChI is InChI=1S/C23H20N4O3/c1-15-2-3-17(12-24-15)10-20-14-27-13-19(8-9-21(27)26-20)22(28)25-11-16-4-6-18(7-5-16)23(29)30/h2-9,12-14H,10-11H2,1H3,(H,25,28)(H,29,30). The maximum Gasteiger partial charge on any atom is 0.335 e. The fourth-order valence-electron chi connectivity index (χ4n) is 3.13. The molecule has 4 rings (SSSR count). The Bertz CT molecular complexity index is 1210. The van der Waals surface area contributed by atoms with E-state index in [1.54, 1.807) is 24.4 Å². The molecule has 7 nitrogen and oxygen atoms in total. The fourth-order valence-corrected chi connectivity index (χ4v) is 3.13. The molecule has 0 saturated carbocycles. The van der Waals surface area contributed by atoms with Crippen LogP contribution < -0.4 is 5.32 Å². The monoisotopic (exact) mass is 400 g/mol. The Kier molecular flexibility index (Phi) is 5.26. The van der Waals surface area contributed by atoms with Crippen LogP contribution in [0.15, 0.2) is 67.1 Å². The molecule has 7 heteroatoms. The summed E-state index contributed by atoms with van der Waals surface area (Å²) < 4.78 is 1.84. The number of amides is 1. The van der Waals surface area contributed by atoms with Crippen LogP contribution in [0.25, 0.3) is 5.65 Å². The summed E-state index contributed by atoms with van der Waals surface area (Å²) in [5.41, 5.74) is 5.28. The third-order valence-corrected chi connectivity index (χ3v) is 4.77. The summed E-state index contributed by atoms with van der Waals surface area (Å²) in [6, 6.07) is 14.0. The van der Waals surface area contributed by atoms with E-state index in [1.807, 2.05) is 41.9 Å². The van der Waals surface area contributed by atoms with Gasteiger partial charge >= 0.3 is 5.97 Å². The highest BCUT2D eigenvalue weighted by Crippen LogP contribution is 2.12. The van der Waals surface area contributed by atoms with Crippen LogP contribution >= 0.6 is 0 Å². The molecule has 3 heterocycles. The molecule has 150 valence electrons. The highest BCUT2D eigenvalue weighted by molar-refractivity contribution is 5.94. The van der Waals surface area contributed by atoms with Gasteiger partial charge in [0.05, 0.1) is 16.8 Å². The second-order valence-electron chi connectivity index (χ2n) is 7.08. The van der Waals surface area contributed by atoms with Gasteiger partial charge in [-0.05, 0) is 48.4 Å². The van der Waals surface area contributed by atoms with E-state index < -0.39 is 5.97 Å². The van der Waals surface area contributed by atoms with Gasteiger partial charge < -0.3 is 14.8 Å². The number of hydrogen-bond donors (Lipinski definition) is 2. The smallest absolute Gasteiger partial charge is 0.335 e. The number of nitrogens with one attached hydrogen (secondary N) is 1. The fraction of sp³-hybridized carbons (Fsp3) is 0.130. The van der Waals surface area contributed by atoms with E-state index in [2.05, 4.69) is 15.3 Å². The maximum absolute atomic E-state index is 12.5. The van der Waals surface area contributed by atoms with Crippen molar-refractivity contribution in [3.8, 4) is 0 Å². The molecule has 4 aromatic rings. The molecule has 0 unspecified atom stereocenters. The van der Waals surface area contributed by atoms with E-state index in [0.29, 0.717) is 18.5 Å². The SMILES string of the molecule is Cc1ccc(Cc2cn3cc(C(=O)NCc4ccc(C(=O)O)cc4)ccc3n2)cn1. The maximum atomic E-state index is 12.5. The Morgan fingerprint density at radius 3 is 2.40 bits per heavy atom. The number of hydrogen-bond acceptors (Lipinski definition) is 4. The van der Waals surface area contributed by atoms with Crippen LogP contribution in [0.2, 0.25) is 0 Å². The van der Waals surface area contributed by atoms with Crippen molar-refractivity contribution < 1.29 is 14.7 Å². The van der Waals surface area contributed by atoms with Gasteiger partial charge in [0, 0.05) is 37.3 Å². The van der Waals surface area contributed by atoms with Gasteiger partial charge in [0.1, 0.15) is 5.65 Å². The number of carbonyl (C=O) groups excluding carboxylic acids is 1. The second-order valence-corrected chi connectivity index (χ2v) is 7.08. The third-order valence-electron chi connectivity index (χ3n) is 4.77. The number of carboxylic acid groups (broad SMARTS) is 1. The van der Waals surface area contributed by atoms with Gasteiger partial charge in [-0.15, -0.1) is 0 Å². The number of pyridine rings is 2. The first kappa shape index (κ1) is 19.3. The number of carboxylic acids is 1. The number of nitrogens with zero attached hydrogens (tertiary/aromatic N) is 3. The molecule has 0 fully saturated rings. The van der Waals surface area contributed by atoms with Crippen molar-refractivity contribution in [3.63, 3.8) is 0 Å². The lowest BCUT2D eigenvalue weighted by Crippen LogP contribution is -2.23. The van der Waals surface area contributed by atoms with Crippen LogP contribution in [-0.2, 0) is 13.0 Å². The number of carbonyl (C=O) groups is 2. The van der Waals surface area contributed by atoms with Crippen molar-refractivity contribution in [2.75, 3.05) is 0 Å². The Morgan fingerprint density at radius 2 is 1.70 bits per heavy atom. The van der Waals surface area contributed by atoms with Crippen molar-refractivity contribution >= 4 is 17.5 Å². The van der Waals surface area contributed by atoms with Crippen molar-refractivity contribution in [2.24, 2.45) is 0 Å². The zero-order valence-corrected chi connectivity index (χ0v) is 16.4. The molecule has 30 heavy (non-hydrogen) atoms. The summed E-state index contributed by atoms with van der Waals surface area (Å²) in [6.45, 7) is 2.26. The van der Waals surface area contributed by atoms with Crippen LogP contribution in [0.1, 0.15) is 43.2 Å². The molecule has 1 aromatic carbocycles. The molecule has 2 N–H and O–H groups in total. The first-order valence-electron chi connectivity index (χ1n) is 9.47. The number of imidazole rings is 1. The molecular formula is C23H20N4O3.